The molecule has 0 fully saturated rings. The van der Waals surface area contributed by atoms with E-state index in [4.69, 9.17) is 5.73 Å². The second-order valence-corrected chi connectivity index (χ2v) is 9.45. The van der Waals surface area contributed by atoms with Crippen LogP contribution in [-0.2, 0) is 19.3 Å². The van der Waals surface area contributed by atoms with Gasteiger partial charge in [-0.15, -0.1) is 0 Å². The van der Waals surface area contributed by atoms with Crippen molar-refractivity contribution in [1.82, 2.24) is 15.3 Å². The lowest BCUT2D eigenvalue weighted by Gasteiger charge is -2.15. The first-order valence-corrected chi connectivity index (χ1v) is 12.3. The second kappa shape index (κ2) is 11.7. The highest BCUT2D eigenvalue weighted by atomic mass is 19.4. The zero-order chi connectivity index (χ0) is 29.0. The fourth-order valence-electron chi connectivity index (χ4n) is 3.97. The Labute approximate surface area is 227 Å². The molecule has 0 aliphatic carbocycles. The van der Waals surface area contributed by atoms with Crippen LogP contribution >= 0.6 is 0 Å². The minimum absolute atomic E-state index is 0.0656. The topological polar surface area (TPSA) is 92.9 Å². The molecule has 11 heteroatoms. The number of anilines is 2. The second-order valence-electron chi connectivity index (χ2n) is 9.45. The Kier molecular flexibility index (Phi) is 8.32. The Morgan fingerprint density at radius 1 is 0.875 bits per heavy atom. The molecule has 1 amide bonds. The van der Waals surface area contributed by atoms with E-state index in [1.54, 1.807) is 6.20 Å². The largest absolute Gasteiger partial charge is 0.417 e. The van der Waals surface area contributed by atoms with E-state index in [1.165, 1.54) is 6.07 Å². The van der Waals surface area contributed by atoms with Gasteiger partial charge in [0.1, 0.15) is 11.6 Å². The first-order valence-electron chi connectivity index (χ1n) is 12.3. The standard InChI is InChI=1S/C29H26F5N5O/c1-16(2)22-10-20(14-36-26(22)35)19-6-3-17(4-7-19)12-37-27-23(11-21(15-38-27)29(32,33)34)28(40)39-13-18-5-8-24(30)25(31)9-18/h3-11,14-16H,12-13H2,1-2H3,(H2,35,36)(H,37,38)(H,39,40). The summed E-state index contributed by atoms with van der Waals surface area (Å²) in [7, 11) is 0. The van der Waals surface area contributed by atoms with Gasteiger partial charge in [-0.05, 0) is 52.4 Å². The number of hydrogen-bond acceptors (Lipinski definition) is 5. The summed E-state index contributed by atoms with van der Waals surface area (Å²) in [4.78, 5) is 21.0. The average Bonchev–Trinajstić information content (AvgIpc) is 2.92. The summed E-state index contributed by atoms with van der Waals surface area (Å²) in [6.07, 6.45) is -2.40. The quantitative estimate of drug-likeness (QED) is 0.211. The molecule has 0 aliphatic rings. The van der Waals surface area contributed by atoms with Crippen LogP contribution in [0.3, 0.4) is 0 Å². The Balaban J connectivity index is 1.51. The summed E-state index contributed by atoms with van der Waals surface area (Å²) in [5, 5.41) is 5.35. The first-order chi connectivity index (χ1) is 18.9. The lowest BCUT2D eigenvalue weighted by atomic mass is 9.99. The highest BCUT2D eigenvalue weighted by molar-refractivity contribution is 5.98. The molecule has 4 rings (SSSR count). The van der Waals surface area contributed by atoms with E-state index in [2.05, 4.69) is 20.6 Å². The molecule has 0 spiro atoms. The number of nitrogen functional groups attached to an aromatic ring is 1. The van der Waals surface area contributed by atoms with E-state index in [0.717, 1.165) is 34.4 Å². The number of hydrogen-bond donors (Lipinski definition) is 3. The lowest BCUT2D eigenvalue weighted by molar-refractivity contribution is -0.137. The average molecular weight is 556 g/mol. The number of aromatic nitrogens is 2. The molecule has 0 saturated carbocycles. The molecule has 4 N–H and O–H groups in total. The Morgan fingerprint density at radius 3 is 2.23 bits per heavy atom. The molecule has 2 aromatic carbocycles. The molecule has 0 unspecified atom stereocenters. The van der Waals surface area contributed by atoms with Gasteiger partial charge >= 0.3 is 6.18 Å². The monoisotopic (exact) mass is 555 g/mol. The van der Waals surface area contributed by atoms with Crippen LogP contribution in [0.5, 0.6) is 0 Å². The smallest absolute Gasteiger partial charge is 0.383 e. The zero-order valence-corrected chi connectivity index (χ0v) is 21.6. The number of nitrogens with zero attached hydrogens (tertiary/aromatic N) is 2. The van der Waals surface area contributed by atoms with E-state index in [1.807, 2.05) is 44.2 Å². The van der Waals surface area contributed by atoms with Gasteiger partial charge in [0.25, 0.3) is 5.91 Å². The van der Waals surface area contributed by atoms with Crippen molar-refractivity contribution in [2.75, 3.05) is 11.1 Å². The first kappa shape index (κ1) is 28.5. The third-order valence-corrected chi connectivity index (χ3v) is 6.22. The highest BCUT2D eigenvalue weighted by Gasteiger charge is 2.32. The normalized spacial score (nSPS) is 11.5. The number of nitrogens with two attached hydrogens (primary N) is 1. The Morgan fingerprint density at radius 2 is 1.57 bits per heavy atom. The number of amides is 1. The fraction of sp³-hybridized carbons (Fsp3) is 0.207. The maximum absolute atomic E-state index is 13.5. The van der Waals surface area contributed by atoms with Gasteiger partial charge in [-0.1, -0.05) is 44.2 Å². The molecule has 2 heterocycles. The number of benzene rings is 2. The number of carbonyl (C=O) groups excluding carboxylic acids is 1. The SMILES string of the molecule is CC(C)c1cc(-c2ccc(CNc3ncc(C(F)(F)F)cc3C(=O)NCc3ccc(F)c(F)c3)cc2)cnc1N. The van der Waals surface area contributed by atoms with Crippen molar-refractivity contribution >= 4 is 17.5 Å². The summed E-state index contributed by atoms with van der Waals surface area (Å²) in [5.41, 5.74) is 8.28. The maximum Gasteiger partial charge on any atom is 0.417 e. The molecule has 4 aromatic rings. The van der Waals surface area contributed by atoms with Crippen molar-refractivity contribution in [2.45, 2.75) is 39.0 Å². The molecular formula is C29H26F5N5O. The molecule has 0 bridgehead atoms. The lowest BCUT2D eigenvalue weighted by Crippen LogP contribution is -2.25. The molecular weight excluding hydrogens is 529 g/mol. The van der Waals surface area contributed by atoms with E-state index in [0.29, 0.717) is 18.1 Å². The molecule has 2 aromatic heterocycles. The van der Waals surface area contributed by atoms with Crippen molar-refractivity contribution in [3.8, 4) is 11.1 Å². The number of halogens is 5. The minimum Gasteiger partial charge on any atom is -0.383 e. The third-order valence-electron chi connectivity index (χ3n) is 6.22. The van der Waals surface area contributed by atoms with Gasteiger partial charge in [0, 0.05) is 31.0 Å². The van der Waals surface area contributed by atoms with E-state index in [9.17, 15) is 26.7 Å². The van der Waals surface area contributed by atoms with Crippen LogP contribution in [0.25, 0.3) is 11.1 Å². The van der Waals surface area contributed by atoms with E-state index < -0.39 is 29.3 Å². The van der Waals surface area contributed by atoms with Crippen LogP contribution in [0.15, 0.2) is 67.0 Å². The van der Waals surface area contributed by atoms with Gasteiger partial charge in [0.15, 0.2) is 11.6 Å². The minimum atomic E-state index is -4.72. The van der Waals surface area contributed by atoms with Crippen LogP contribution in [-0.4, -0.2) is 15.9 Å². The summed E-state index contributed by atoms with van der Waals surface area (Å²) < 4.78 is 66.7. The van der Waals surface area contributed by atoms with Gasteiger partial charge in [-0.3, -0.25) is 4.79 Å². The van der Waals surface area contributed by atoms with E-state index in [-0.39, 0.29) is 36.0 Å². The molecule has 0 aliphatic heterocycles. The van der Waals surface area contributed by atoms with Crippen molar-refractivity contribution in [2.24, 2.45) is 0 Å². The summed E-state index contributed by atoms with van der Waals surface area (Å²) in [6, 6.07) is 13.2. The van der Waals surface area contributed by atoms with Crippen molar-refractivity contribution in [3.05, 3.63) is 106 Å². The van der Waals surface area contributed by atoms with Gasteiger partial charge in [-0.2, -0.15) is 13.2 Å². The fourth-order valence-corrected chi connectivity index (χ4v) is 3.97. The Hall–Kier alpha value is -4.54. The van der Waals surface area contributed by atoms with Gasteiger partial charge < -0.3 is 16.4 Å². The van der Waals surface area contributed by atoms with Gasteiger partial charge in [-0.25, -0.2) is 18.7 Å². The predicted octanol–water partition coefficient (Wildman–Crippen LogP) is 6.69. The predicted molar refractivity (Wildman–Crippen MR) is 142 cm³/mol. The van der Waals surface area contributed by atoms with Crippen LogP contribution < -0.4 is 16.4 Å². The van der Waals surface area contributed by atoms with Crippen LogP contribution in [0, 0.1) is 11.6 Å². The number of rotatable bonds is 8. The van der Waals surface area contributed by atoms with Gasteiger partial charge in [0.2, 0.25) is 0 Å². The van der Waals surface area contributed by atoms with Crippen molar-refractivity contribution < 1.29 is 26.7 Å². The summed E-state index contributed by atoms with van der Waals surface area (Å²) in [5.74, 6) is -2.40. The number of nitrogens with one attached hydrogen (secondary N) is 2. The van der Waals surface area contributed by atoms with Crippen LogP contribution in [0.2, 0.25) is 0 Å². The summed E-state index contributed by atoms with van der Waals surface area (Å²) in [6.45, 7) is 3.99. The molecule has 0 radical (unpaired) electrons. The molecule has 208 valence electrons. The summed E-state index contributed by atoms with van der Waals surface area (Å²) >= 11 is 0. The van der Waals surface area contributed by atoms with Gasteiger partial charge in [0.05, 0.1) is 11.1 Å². The van der Waals surface area contributed by atoms with Crippen LogP contribution in [0.4, 0.5) is 33.6 Å². The molecule has 0 saturated heterocycles. The zero-order valence-electron chi connectivity index (χ0n) is 21.6. The Bertz CT molecular complexity index is 1520. The van der Waals surface area contributed by atoms with E-state index >= 15 is 0 Å². The maximum atomic E-state index is 13.5. The van der Waals surface area contributed by atoms with Crippen molar-refractivity contribution in [1.29, 1.82) is 0 Å². The highest BCUT2D eigenvalue weighted by Crippen LogP contribution is 2.31. The number of alkyl halides is 3. The molecule has 6 nitrogen and oxygen atoms in total. The van der Waals surface area contributed by atoms with Crippen LogP contribution in [0.1, 0.15) is 52.4 Å². The molecule has 40 heavy (non-hydrogen) atoms. The molecule has 0 atom stereocenters. The third kappa shape index (κ3) is 6.71. The number of pyridine rings is 2. The number of carbonyl (C=O) groups is 1. The van der Waals surface area contributed by atoms with Crippen molar-refractivity contribution in [3.63, 3.8) is 0 Å².